The fraction of sp³-hybridized carbons (Fsp3) is 0.450. The normalized spacial score (nSPS) is 18.0. The Kier molecular flexibility index (Phi) is 4.71. The molecule has 1 saturated heterocycles. The number of hydrogen-bond acceptors (Lipinski definition) is 6. The monoisotopic (exact) mass is 388 g/mol. The van der Waals surface area contributed by atoms with Crippen molar-refractivity contribution in [2.24, 2.45) is 5.73 Å². The van der Waals surface area contributed by atoms with E-state index in [1.807, 2.05) is 17.0 Å². The first kappa shape index (κ1) is 18.4. The van der Waals surface area contributed by atoms with Crippen LogP contribution in [0.15, 0.2) is 24.3 Å². The summed E-state index contributed by atoms with van der Waals surface area (Å²) in [7, 11) is 0. The van der Waals surface area contributed by atoms with Crippen LogP contribution in [0, 0.1) is 6.92 Å². The van der Waals surface area contributed by atoms with Crippen LogP contribution in [0.1, 0.15) is 50.4 Å². The van der Waals surface area contributed by atoms with Gasteiger partial charge in [-0.3, -0.25) is 4.79 Å². The number of nitrogens with zero attached hydrogens (tertiary/aromatic N) is 1. The third-order valence-electron chi connectivity index (χ3n) is 5.76. The summed E-state index contributed by atoms with van der Waals surface area (Å²) in [6.45, 7) is 4.25. The minimum atomic E-state index is -1.54. The molecular weight excluding hydrogens is 364 g/mol. The van der Waals surface area contributed by atoms with Crippen molar-refractivity contribution in [3.63, 3.8) is 0 Å². The number of benzene rings is 1. The fourth-order valence-electron chi connectivity index (χ4n) is 4.10. The van der Waals surface area contributed by atoms with Gasteiger partial charge in [-0.05, 0) is 43.0 Å². The minimum Gasteiger partial charge on any atom is -0.492 e. The van der Waals surface area contributed by atoms with E-state index in [1.165, 1.54) is 5.56 Å². The molecule has 1 fully saturated rings. The summed E-state index contributed by atoms with van der Waals surface area (Å²) in [6.07, 6.45) is 0.157. The van der Waals surface area contributed by atoms with Gasteiger partial charge in [-0.25, -0.2) is 0 Å². The van der Waals surface area contributed by atoms with Crippen molar-refractivity contribution in [3.8, 4) is 5.75 Å². The Morgan fingerprint density at radius 1 is 1.33 bits per heavy atom. The van der Waals surface area contributed by atoms with Crippen LogP contribution >= 0.6 is 11.3 Å². The van der Waals surface area contributed by atoms with Crippen LogP contribution in [0.3, 0.4) is 0 Å². The summed E-state index contributed by atoms with van der Waals surface area (Å²) in [5, 5.41) is 18.8. The first-order valence-electron chi connectivity index (χ1n) is 9.15. The third kappa shape index (κ3) is 3.14. The Morgan fingerprint density at radius 3 is 2.70 bits per heavy atom. The maximum atomic E-state index is 12.9. The average molecular weight is 388 g/mol. The van der Waals surface area contributed by atoms with Crippen LogP contribution in [-0.2, 0) is 12.0 Å². The van der Waals surface area contributed by atoms with Gasteiger partial charge in [-0.2, -0.15) is 0 Å². The molecule has 2 aliphatic rings. The van der Waals surface area contributed by atoms with Crippen molar-refractivity contribution in [3.05, 3.63) is 50.7 Å². The van der Waals surface area contributed by atoms with Crippen molar-refractivity contribution >= 4 is 17.2 Å². The molecular formula is C20H24N2O4S. The molecule has 1 aromatic carbocycles. The van der Waals surface area contributed by atoms with Gasteiger partial charge in [0.25, 0.3) is 5.91 Å². The van der Waals surface area contributed by atoms with Gasteiger partial charge in [0.2, 0.25) is 0 Å². The van der Waals surface area contributed by atoms with Gasteiger partial charge in [0.15, 0.2) is 6.29 Å². The first-order chi connectivity index (χ1) is 12.9. The van der Waals surface area contributed by atoms with Gasteiger partial charge < -0.3 is 25.6 Å². The highest BCUT2D eigenvalue weighted by Crippen LogP contribution is 2.46. The molecule has 0 saturated carbocycles. The molecule has 144 valence electrons. The van der Waals surface area contributed by atoms with Crippen LogP contribution in [0.5, 0.6) is 5.75 Å². The number of carbonyl (C=O) groups is 1. The summed E-state index contributed by atoms with van der Waals surface area (Å²) in [6, 6.07) is 7.90. The molecule has 3 heterocycles. The molecule has 0 aliphatic carbocycles. The zero-order valence-corrected chi connectivity index (χ0v) is 16.1. The summed E-state index contributed by atoms with van der Waals surface area (Å²) >= 11 is 1.16. The smallest absolute Gasteiger partial charge is 0.263 e. The minimum absolute atomic E-state index is 0.0419. The maximum Gasteiger partial charge on any atom is 0.263 e. The highest BCUT2D eigenvalue weighted by atomic mass is 32.1. The summed E-state index contributed by atoms with van der Waals surface area (Å²) in [4.78, 5) is 15.7. The number of aryl methyl sites for hydroxylation is 1. The molecule has 4 N–H and O–H groups in total. The molecule has 2 aromatic rings. The van der Waals surface area contributed by atoms with E-state index in [9.17, 15) is 15.0 Å². The van der Waals surface area contributed by atoms with Crippen LogP contribution in [0.25, 0.3) is 0 Å². The number of thiophene rings is 1. The quantitative estimate of drug-likeness (QED) is 0.700. The second-order valence-electron chi connectivity index (χ2n) is 7.43. The van der Waals surface area contributed by atoms with E-state index in [1.54, 1.807) is 13.0 Å². The van der Waals surface area contributed by atoms with E-state index in [2.05, 4.69) is 6.07 Å². The number of hydrogen-bond donors (Lipinski definition) is 3. The molecule has 27 heavy (non-hydrogen) atoms. The summed E-state index contributed by atoms with van der Waals surface area (Å²) in [5.41, 5.74) is 8.80. The topological polar surface area (TPSA) is 96.0 Å². The zero-order chi connectivity index (χ0) is 19.2. The number of piperidine rings is 1. The van der Waals surface area contributed by atoms with E-state index in [4.69, 9.17) is 10.5 Å². The van der Waals surface area contributed by atoms with Crippen LogP contribution in [0.2, 0.25) is 0 Å². The van der Waals surface area contributed by atoms with E-state index >= 15 is 0 Å². The molecule has 1 amide bonds. The Bertz CT molecular complexity index is 869. The lowest BCUT2D eigenvalue weighted by Gasteiger charge is -2.38. The highest BCUT2D eigenvalue weighted by molar-refractivity contribution is 7.14. The number of carbonyl (C=O) groups excluding carboxylic acids is 1. The molecule has 0 radical (unpaired) electrons. The summed E-state index contributed by atoms with van der Waals surface area (Å²) < 4.78 is 5.92. The zero-order valence-electron chi connectivity index (χ0n) is 15.3. The van der Waals surface area contributed by atoms with Crippen molar-refractivity contribution in [1.82, 2.24) is 4.90 Å². The molecule has 6 nitrogen and oxygen atoms in total. The molecule has 7 heteroatoms. The second kappa shape index (κ2) is 6.91. The Balaban J connectivity index is 1.50. The highest BCUT2D eigenvalue weighted by Gasteiger charge is 2.44. The molecule has 1 spiro atoms. The van der Waals surface area contributed by atoms with Gasteiger partial charge in [0.1, 0.15) is 5.75 Å². The van der Waals surface area contributed by atoms with Crippen LogP contribution in [0.4, 0.5) is 0 Å². The lowest BCUT2D eigenvalue weighted by atomic mass is 9.74. The lowest BCUT2D eigenvalue weighted by Crippen LogP contribution is -2.45. The van der Waals surface area contributed by atoms with Gasteiger partial charge in [0, 0.05) is 30.6 Å². The van der Waals surface area contributed by atoms with E-state index in [0.29, 0.717) is 36.0 Å². The molecule has 0 bridgehead atoms. The van der Waals surface area contributed by atoms with Gasteiger partial charge in [0.05, 0.1) is 16.4 Å². The Morgan fingerprint density at radius 2 is 2.07 bits per heavy atom. The molecule has 2 aliphatic heterocycles. The molecule has 0 unspecified atom stereocenters. The predicted molar refractivity (Wildman–Crippen MR) is 103 cm³/mol. The van der Waals surface area contributed by atoms with Crippen molar-refractivity contribution < 1.29 is 19.7 Å². The largest absolute Gasteiger partial charge is 0.492 e. The van der Waals surface area contributed by atoms with E-state index in [0.717, 1.165) is 41.1 Å². The predicted octanol–water partition coefficient (Wildman–Crippen LogP) is 2.06. The van der Waals surface area contributed by atoms with Gasteiger partial charge in [-0.1, -0.05) is 12.1 Å². The number of rotatable bonds is 3. The summed E-state index contributed by atoms with van der Waals surface area (Å²) in [5.74, 6) is 0.891. The number of likely N-dealkylation sites (tertiary alicyclic amines) is 1. The molecule has 0 atom stereocenters. The lowest BCUT2D eigenvalue weighted by molar-refractivity contribution is -0.0399. The number of amides is 1. The average Bonchev–Trinajstić information content (AvgIpc) is 3.23. The van der Waals surface area contributed by atoms with Crippen molar-refractivity contribution in [2.45, 2.75) is 38.0 Å². The maximum absolute atomic E-state index is 12.9. The number of ether oxygens (including phenoxy) is 1. The van der Waals surface area contributed by atoms with Crippen molar-refractivity contribution in [1.29, 1.82) is 0 Å². The number of nitrogens with two attached hydrogens (primary N) is 1. The standard InChI is InChI=1S/C20H24N2O4S/c1-12-8-16(27-17(12)19(24)25)18(23)22-6-4-20(5-7-22)11-26-15-3-2-13(10-21)9-14(15)20/h2-3,8-9,19,24-25H,4-7,10-11,21H2,1H3. The van der Waals surface area contributed by atoms with Gasteiger partial charge >= 0.3 is 0 Å². The fourth-order valence-corrected chi connectivity index (χ4v) is 5.12. The SMILES string of the molecule is Cc1cc(C(=O)N2CCC3(CC2)COc2ccc(CN)cc23)sc1C(O)O. The molecule has 1 aromatic heterocycles. The van der Waals surface area contributed by atoms with Crippen molar-refractivity contribution in [2.75, 3.05) is 19.7 Å². The number of aliphatic hydroxyl groups is 2. The number of fused-ring (bicyclic) bond motifs is 2. The molecule has 4 rings (SSSR count). The second-order valence-corrected chi connectivity index (χ2v) is 8.51. The third-order valence-corrected chi connectivity index (χ3v) is 7.03. The van der Waals surface area contributed by atoms with Crippen LogP contribution < -0.4 is 10.5 Å². The first-order valence-corrected chi connectivity index (χ1v) is 9.97. The van der Waals surface area contributed by atoms with Crippen LogP contribution in [-0.4, -0.2) is 40.7 Å². The van der Waals surface area contributed by atoms with E-state index < -0.39 is 6.29 Å². The van der Waals surface area contributed by atoms with Gasteiger partial charge in [-0.15, -0.1) is 11.3 Å². The number of aliphatic hydroxyl groups excluding tert-OH is 1. The Labute approximate surface area is 162 Å². The van der Waals surface area contributed by atoms with E-state index in [-0.39, 0.29) is 11.3 Å². The Hall–Kier alpha value is -1.93.